The largest absolute Gasteiger partial charge is 0.507 e. The quantitative estimate of drug-likeness (QED) is 0.404. The fourth-order valence-corrected chi connectivity index (χ4v) is 4.48. The van der Waals surface area contributed by atoms with Crippen molar-refractivity contribution in [1.29, 1.82) is 0 Å². The first-order valence-corrected chi connectivity index (χ1v) is 10.7. The van der Waals surface area contributed by atoms with Crippen molar-refractivity contribution >= 4 is 43.7 Å². The smallest absolute Gasteiger partial charge is 0.198 e. The lowest BCUT2D eigenvalue weighted by Crippen LogP contribution is -2.21. The van der Waals surface area contributed by atoms with E-state index < -0.39 is 0 Å². The highest BCUT2D eigenvalue weighted by Crippen LogP contribution is 2.39. The number of benzene rings is 3. The molecule has 0 saturated carbocycles. The van der Waals surface area contributed by atoms with Gasteiger partial charge in [0.15, 0.2) is 5.43 Å². The highest BCUT2D eigenvalue weighted by Gasteiger charge is 2.23. The summed E-state index contributed by atoms with van der Waals surface area (Å²) in [6.07, 6.45) is 1.96. The van der Waals surface area contributed by atoms with Crippen LogP contribution in [0.5, 0.6) is 5.75 Å². The molecule has 0 saturated heterocycles. The second-order valence-electron chi connectivity index (χ2n) is 8.87. The minimum Gasteiger partial charge on any atom is -0.507 e. The number of likely N-dealkylation sites (N-methyl/N-ethyl adjacent to an activating group) is 1. The van der Waals surface area contributed by atoms with E-state index >= 15 is 0 Å². The molecule has 2 N–H and O–H groups in total. The lowest BCUT2D eigenvalue weighted by molar-refractivity contribution is 0.390. The highest BCUT2D eigenvalue weighted by molar-refractivity contribution is 6.21. The second-order valence-corrected chi connectivity index (χ2v) is 8.87. The molecule has 7 nitrogen and oxygen atoms in total. The molecular weight excluding hydrogens is 402 g/mol. The van der Waals surface area contributed by atoms with E-state index in [1.54, 1.807) is 0 Å². The molecule has 5 rings (SSSR count). The van der Waals surface area contributed by atoms with Crippen LogP contribution in [-0.2, 0) is 6.54 Å². The highest BCUT2D eigenvalue weighted by atomic mass is 16.3. The van der Waals surface area contributed by atoms with Crippen LogP contribution in [0.2, 0.25) is 0 Å². The predicted octanol–water partition coefficient (Wildman–Crippen LogP) is 3.33. The van der Waals surface area contributed by atoms with Crippen LogP contribution in [0.15, 0.2) is 47.4 Å². The summed E-state index contributed by atoms with van der Waals surface area (Å²) >= 11 is 0. The van der Waals surface area contributed by atoms with Crippen LogP contribution >= 0.6 is 0 Å². The Morgan fingerprint density at radius 3 is 2.56 bits per heavy atom. The fourth-order valence-electron chi connectivity index (χ4n) is 4.48. The number of phenols is 1. The summed E-state index contributed by atoms with van der Waals surface area (Å²) in [4.78, 5) is 22.9. The first-order chi connectivity index (χ1) is 15.4. The Morgan fingerprint density at radius 1 is 1.03 bits per heavy atom. The molecule has 0 bridgehead atoms. The van der Waals surface area contributed by atoms with Crippen molar-refractivity contribution in [3.8, 4) is 5.75 Å². The average Bonchev–Trinajstić information content (AvgIpc) is 3.10. The summed E-state index contributed by atoms with van der Waals surface area (Å²) in [5.74, 6) is 0.939. The third-order valence-corrected chi connectivity index (χ3v) is 5.94. The van der Waals surface area contributed by atoms with Crippen LogP contribution in [0.4, 0.5) is 5.69 Å². The number of pyridine rings is 1. The lowest BCUT2D eigenvalue weighted by atomic mass is 9.98. The SMILES string of the molecule is CN(C)CCNc1ccn2c(CN(C)C)nc3c4c(O)c5ccccc5cc4c(=O)c1c32. The van der Waals surface area contributed by atoms with Gasteiger partial charge in [0.05, 0.1) is 22.8 Å². The third-order valence-electron chi connectivity index (χ3n) is 5.94. The van der Waals surface area contributed by atoms with Crippen molar-refractivity contribution < 1.29 is 5.11 Å². The number of fused-ring (bicyclic) bond motifs is 3. The lowest BCUT2D eigenvalue weighted by Gasteiger charge is -2.15. The van der Waals surface area contributed by atoms with Gasteiger partial charge in [-0.25, -0.2) is 4.98 Å². The molecule has 0 unspecified atom stereocenters. The van der Waals surface area contributed by atoms with Gasteiger partial charge < -0.3 is 24.6 Å². The molecule has 2 aromatic heterocycles. The van der Waals surface area contributed by atoms with Crippen molar-refractivity contribution in [3.05, 3.63) is 58.6 Å². The van der Waals surface area contributed by atoms with Gasteiger partial charge in [-0.1, -0.05) is 24.3 Å². The number of rotatable bonds is 6. The van der Waals surface area contributed by atoms with Crippen LogP contribution in [0, 0.1) is 0 Å². The van der Waals surface area contributed by atoms with E-state index in [1.807, 2.05) is 80.1 Å². The number of anilines is 1. The molecule has 164 valence electrons. The summed E-state index contributed by atoms with van der Waals surface area (Å²) in [6.45, 7) is 2.18. The first kappa shape index (κ1) is 20.5. The van der Waals surface area contributed by atoms with Gasteiger partial charge in [-0.15, -0.1) is 0 Å². The summed E-state index contributed by atoms with van der Waals surface area (Å²) < 4.78 is 1.98. The van der Waals surface area contributed by atoms with E-state index in [4.69, 9.17) is 4.98 Å². The molecular formula is C25H27N5O2. The number of imidazole rings is 1. The van der Waals surface area contributed by atoms with Gasteiger partial charge in [0, 0.05) is 35.7 Å². The zero-order valence-electron chi connectivity index (χ0n) is 18.8. The van der Waals surface area contributed by atoms with Crippen LogP contribution in [0.25, 0.3) is 38.0 Å². The molecule has 0 aliphatic rings. The van der Waals surface area contributed by atoms with Crippen molar-refractivity contribution in [2.24, 2.45) is 0 Å². The monoisotopic (exact) mass is 429 g/mol. The molecule has 0 aliphatic carbocycles. The number of nitrogens with zero attached hydrogens (tertiary/aromatic N) is 4. The topological polar surface area (TPSA) is 73.1 Å². The Morgan fingerprint density at radius 2 is 1.81 bits per heavy atom. The van der Waals surface area contributed by atoms with E-state index in [0.29, 0.717) is 34.8 Å². The van der Waals surface area contributed by atoms with E-state index in [0.717, 1.165) is 34.3 Å². The van der Waals surface area contributed by atoms with Crippen LogP contribution in [0.1, 0.15) is 5.82 Å². The Balaban J connectivity index is 1.91. The van der Waals surface area contributed by atoms with Crippen molar-refractivity contribution in [1.82, 2.24) is 19.2 Å². The maximum atomic E-state index is 13.8. The van der Waals surface area contributed by atoms with Gasteiger partial charge in [0.25, 0.3) is 0 Å². The van der Waals surface area contributed by atoms with E-state index in [9.17, 15) is 9.90 Å². The van der Waals surface area contributed by atoms with Crippen LogP contribution in [-0.4, -0.2) is 65.6 Å². The molecule has 0 spiro atoms. The van der Waals surface area contributed by atoms with Crippen molar-refractivity contribution in [3.63, 3.8) is 0 Å². The summed E-state index contributed by atoms with van der Waals surface area (Å²) in [7, 11) is 8.02. The normalized spacial score (nSPS) is 12.3. The van der Waals surface area contributed by atoms with Gasteiger partial charge in [0.1, 0.15) is 17.1 Å². The number of nitrogens with one attached hydrogen (secondary N) is 1. The average molecular weight is 430 g/mol. The fraction of sp³-hybridized carbons (Fsp3) is 0.280. The minimum atomic E-state index is -0.0946. The molecule has 0 aliphatic heterocycles. The molecule has 3 aromatic carbocycles. The van der Waals surface area contributed by atoms with Gasteiger partial charge in [0.2, 0.25) is 0 Å². The van der Waals surface area contributed by atoms with Gasteiger partial charge in [-0.2, -0.15) is 0 Å². The first-order valence-electron chi connectivity index (χ1n) is 10.7. The zero-order valence-corrected chi connectivity index (χ0v) is 18.8. The maximum absolute atomic E-state index is 13.8. The molecule has 0 atom stereocenters. The Bertz CT molecular complexity index is 1520. The number of aromatic hydroxyl groups is 1. The molecule has 32 heavy (non-hydrogen) atoms. The molecule has 7 heteroatoms. The molecule has 0 amide bonds. The number of hydrogen-bond acceptors (Lipinski definition) is 6. The minimum absolute atomic E-state index is 0.0946. The number of phenolic OH excluding ortho intramolecular Hbond substituents is 1. The van der Waals surface area contributed by atoms with Crippen LogP contribution in [0.3, 0.4) is 0 Å². The maximum Gasteiger partial charge on any atom is 0.198 e. The third kappa shape index (κ3) is 3.13. The zero-order chi connectivity index (χ0) is 22.6. The molecule has 0 radical (unpaired) electrons. The summed E-state index contributed by atoms with van der Waals surface area (Å²) in [5, 5.41) is 17.8. The molecule has 2 heterocycles. The Hall–Kier alpha value is -3.42. The molecule has 5 aromatic rings. The molecule has 0 fully saturated rings. The predicted molar refractivity (Wildman–Crippen MR) is 131 cm³/mol. The number of hydrogen-bond donors (Lipinski definition) is 2. The van der Waals surface area contributed by atoms with Crippen LogP contribution < -0.4 is 10.7 Å². The number of aromatic nitrogens is 2. The van der Waals surface area contributed by atoms with Gasteiger partial charge in [-0.3, -0.25) is 4.79 Å². The standard InChI is InChI=1S/C25H27N5O2/c1-28(2)12-10-26-18-9-11-30-19(14-29(3)4)27-22-20-17(25(32)21(18)23(22)30)13-15-7-5-6-8-16(15)24(20)31/h5-9,11,13,26,31H,10,12,14H2,1-4H3. The Labute approximate surface area is 185 Å². The Kier molecular flexibility index (Phi) is 4.87. The van der Waals surface area contributed by atoms with Crippen molar-refractivity contribution in [2.45, 2.75) is 6.54 Å². The van der Waals surface area contributed by atoms with E-state index in [-0.39, 0.29) is 11.2 Å². The van der Waals surface area contributed by atoms with Crippen molar-refractivity contribution in [2.75, 3.05) is 46.6 Å². The van der Waals surface area contributed by atoms with E-state index in [1.165, 1.54) is 0 Å². The van der Waals surface area contributed by atoms with Gasteiger partial charge >= 0.3 is 0 Å². The van der Waals surface area contributed by atoms with Gasteiger partial charge in [-0.05, 0) is 45.7 Å². The summed E-state index contributed by atoms with van der Waals surface area (Å²) in [6, 6.07) is 11.4. The second kappa shape index (κ2) is 7.62. The summed E-state index contributed by atoms with van der Waals surface area (Å²) in [5.41, 5.74) is 2.11. The van der Waals surface area contributed by atoms with E-state index in [2.05, 4.69) is 10.2 Å².